The van der Waals surface area contributed by atoms with Crippen LogP contribution in [0.5, 0.6) is 34.5 Å². The Balaban J connectivity index is 0.638. The van der Waals surface area contributed by atoms with Crippen molar-refractivity contribution < 1.29 is 18.6 Å². The molecule has 0 N–H and O–H groups in total. The molecule has 0 radical (unpaired) electrons. The first kappa shape index (κ1) is 51.0. The van der Waals surface area contributed by atoms with Crippen molar-refractivity contribution in [2.75, 3.05) is 0 Å². The molecule has 8 aromatic heterocycles. The van der Waals surface area contributed by atoms with Crippen molar-refractivity contribution in [2.24, 2.45) is 0 Å². The number of fused-ring (bicyclic) bond motifs is 18. The predicted molar refractivity (Wildman–Crippen MR) is 385 cm³/mol. The summed E-state index contributed by atoms with van der Waals surface area (Å²) in [6.07, 6.45) is 0. The Hall–Kier alpha value is -12.6. The van der Waals surface area contributed by atoms with Crippen LogP contribution in [0.25, 0.3) is 197 Å². The fraction of sp³-hybridized carbons (Fsp3) is 0. The lowest BCUT2D eigenvalue weighted by atomic mass is 9.95. The highest BCUT2D eigenvalue weighted by Crippen LogP contribution is 2.53. The van der Waals surface area contributed by atoms with Gasteiger partial charge >= 0.3 is 0 Å². The summed E-state index contributed by atoms with van der Waals surface area (Å²) in [6.45, 7) is 0. The molecule has 0 unspecified atom stereocenters. The van der Waals surface area contributed by atoms with Gasteiger partial charge in [-0.25, -0.2) is 29.9 Å². The Morgan fingerprint density at radius 1 is 0.312 bits per heavy atom. The number of furan rings is 1. The normalized spacial score (nSPS) is 12.8. The Labute approximate surface area is 550 Å². The first-order chi connectivity index (χ1) is 47.5. The average Bonchev–Trinajstić information content (AvgIpc) is 1.30. The van der Waals surface area contributed by atoms with E-state index >= 15 is 0 Å². The van der Waals surface area contributed by atoms with Crippen molar-refractivity contribution in [3.05, 3.63) is 242 Å². The number of thiophene rings is 2. The maximum absolute atomic E-state index is 6.88. The van der Waals surface area contributed by atoms with E-state index in [1.807, 2.05) is 78.9 Å². The van der Waals surface area contributed by atoms with Crippen LogP contribution in [0.2, 0.25) is 0 Å². The van der Waals surface area contributed by atoms with E-state index in [-0.39, 0.29) is 0 Å². The summed E-state index contributed by atoms with van der Waals surface area (Å²) in [7, 11) is 0. The Morgan fingerprint density at radius 3 is 1.83 bits per heavy atom. The third-order valence-corrected chi connectivity index (χ3v) is 21.6. The van der Waals surface area contributed by atoms with Gasteiger partial charge in [0.2, 0.25) is 11.9 Å². The largest absolute Gasteiger partial charge is 0.456 e. The molecule has 3 aliphatic rings. The smallest absolute Gasteiger partial charge is 0.235 e. The zero-order valence-electron chi connectivity index (χ0n) is 50.1. The minimum atomic E-state index is 0.566. The second-order valence-corrected chi connectivity index (χ2v) is 26.9. The number of para-hydroxylation sites is 4. The molecule has 0 spiro atoms. The van der Waals surface area contributed by atoms with Crippen LogP contribution in [0, 0.1) is 0 Å². The van der Waals surface area contributed by atoms with Gasteiger partial charge in [0, 0.05) is 74.2 Å². The molecular weight excluding hydrogens is 1230 g/mol. The van der Waals surface area contributed by atoms with Crippen LogP contribution >= 0.6 is 22.7 Å². The van der Waals surface area contributed by atoms with Crippen molar-refractivity contribution in [2.45, 2.75) is 0 Å². The van der Waals surface area contributed by atoms with E-state index in [4.69, 9.17) is 48.5 Å². The molecule has 0 amide bonds. The standard InChI is InChI=1S/C82H40N8O4S2/c1-5-17-58-46(11-1)52-40-72-45(39-71(96-72)42-24-28-65-54(33-42)79-75-56(16-9-21-66(75)92-65)84-81(88-79)89-59-18-6-2-13-48(59)73-51-31-32-95-70(51)30-27-60(73)89)36-61(52)90(58)82-85-55-15-10-22-67-74(55)78(87-82)50-26-23-41(37-68(50)94-67)44-35-57-76-69(38-44)93-63-20-8-4-14-49(63)77(76)86-80(83-57)43-25-29-64-53(34-43)47-12-3-7-19-62(47)91-64/h1-40H. The minimum absolute atomic E-state index is 0.566. The van der Waals surface area contributed by atoms with Crippen LogP contribution in [0.4, 0.5) is 0 Å². The predicted octanol–water partition coefficient (Wildman–Crippen LogP) is 22.4. The third-order valence-electron chi connectivity index (χ3n) is 19.6. The minimum Gasteiger partial charge on any atom is -0.456 e. The lowest BCUT2D eigenvalue weighted by molar-refractivity contribution is 0.485. The quantitative estimate of drug-likeness (QED) is 0.164. The summed E-state index contributed by atoms with van der Waals surface area (Å²) in [5.41, 5.74) is 17.1. The molecular formula is C82H40N8O4S2. The van der Waals surface area contributed by atoms with E-state index in [2.05, 4.69) is 172 Å². The molecule has 0 saturated carbocycles. The lowest BCUT2D eigenvalue weighted by Crippen LogP contribution is -2.06. The maximum atomic E-state index is 6.88. The molecule has 0 bridgehead atoms. The van der Waals surface area contributed by atoms with E-state index in [9.17, 15) is 0 Å². The monoisotopic (exact) mass is 1260 g/mol. The maximum Gasteiger partial charge on any atom is 0.235 e. The molecule has 11 heterocycles. The molecule has 444 valence electrons. The molecule has 12 aromatic carbocycles. The summed E-state index contributed by atoms with van der Waals surface area (Å²) in [6, 6.07) is 82.3. The second-order valence-electron chi connectivity index (χ2n) is 24.9. The van der Waals surface area contributed by atoms with Gasteiger partial charge in [-0.2, -0.15) is 0 Å². The van der Waals surface area contributed by atoms with Crippen molar-refractivity contribution in [1.29, 1.82) is 0 Å². The van der Waals surface area contributed by atoms with E-state index < -0.39 is 0 Å². The Morgan fingerprint density at radius 2 is 0.969 bits per heavy atom. The highest BCUT2D eigenvalue weighted by atomic mass is 32.1. The summed E-state index contributed by atoms with van der Waals surface area (Å²) in [4.78, 5) is 33.5. The Kier molecular flexibility index (Phi) is 9.86. The van der Waals surface area contributed by atoms with Crippen LogP contribution in [0.1, 0.15) is 0 Å². The molecule has 23 rings (SSSR count). The van der Waals surface area contributed by atoms with Crippen LogP contribution in [-0.4, -0.2) is 39.0 Å². The molecule has 3 aliphatic heterocycles. The number of hydrogen-bond acceptors (Lipinski definition) is 12. The molecule has 0 aliphatic carbocycles. The van der Waals surface area contributed by atoms with E-state index in [0.717, 1.165) is 171 Å². The molecule has 12 nitrogen and oxygen atoms in total. The first-order valence-corrected chi connectivity index (χ1v) is 33.4. The summed E-state index contributed by atoms with van der Waals surface area (Å²) < 4.78 is 33.4. The topological polar surface area (TPSA) is 128 Å². The van der Waals surface area contributed by atoms with Gasteiger partial charge in [0.15, 0.2) is 5.82 Å². The zero-order chi connectivity index (χ0) is 62.2. The average molecular weight is 1270 g/mol. The highest BCUT2D eigenvalue weighted by Gasteiger charge is 2.31. The summed E-state index contributed by atoms with van der Waals surface area (Å²) >= 11 is 3.54. The fourth-order valence-electron chi connectivity index (χ4n) is 15.3. The summed E-state index contributed by atoms with van der Waals surface area (Å²) in [5.74, 6) is 6.09. The van der Waals surface area contributed by atoms with Crippen molar-refractivity contribution in [3.63, 3.8) is 0 Å². The first-order valence-electron chi connectivity index (χ1n) is 31.7. The van der Waals surface area contributed by atoms with E-state index in [0.29, 0.717) is 35.0 Å². The third kappa shape index (κ3) is 7.04. The summed E-state index contributed by atoms with van der Waals surface area (Å²) in [5, 5.41) is 13.8. The van der Waals surface area contributed by atoms with Crippen molar-refractivity contribution in [1.82, 2.24) is 39.0 Å². The molecule has 0 atom stereocenters. The fourth-order valence-corrected chi connectivity index (χ4v) is 17.2. The van der Waals surface area contributed by atoms with Crippen LogP contribution < -0.4 is 14.2 Å². The molecule has 96 heavy (non-hydrogen) atoms. The van der Waals surface area contributed by atoms with Gasteiger partial charge in [0.1, 0.15) is 45.7 Å². The number of rotatable bonds is 5. The van der Waals surface area contributed by atoms with Gasteiger partial charge in [-0.05, 0) is 179 Å². The van der Waals surface area contributed by atoms with Gasteiger partial charge in [-0.3, -0.25) is 9.13 Å². The van der Waals surface area contributed by atoms with Crippen LogP contribution in [-0.2, 0) is 0 Å². The number of nitrogens with zero attached hydrogens (tertiary/aromatic N) is 8. The number of ether oxygens (including phenoxy) is 3. The van der Waals surface area contributed by atoms with Gasteiger partial charge < -0.3 is 18.6 Å². The van der Waals surface area contributed by atoms with Gasteiger partial charge in [-0.1, -0.05) is 84.9 Å². The molecule has 14 heteroatoms. The molecule has 20 aromatic rings. The van der Waals surface area contributed by atoms with Crippen molar-refractivity contribution in [3.8, 4) is 113 Å². The van der Waals surface area contributed by atoms with Crippen LogP contribution in [0.15, 0.2) is 246 Å². The van der Waals surface area contributed by atoms with Gasteiger partial charge in [0.25, 0.3) is 0 Å². The SMILES string of the molecule is c1ccc2c(c1)Oc1cc(-c3ccc4c(c3)Oc3cccc5nc(-n6c7ccccc7c7cc8sc(-c9ccc%10c(c9)-c9nc(-n%11c%12ccccc%12c%12c%13ccsc%13ccc%12%11)nc%11cccc(c9%11)O%10)cc8cc76)nc-4c35)cc3nc(-c4ccc5oc6ccccc6c5c4)nc-2c13. The van der Waals surface area contributed by atoms with Crippen LogP contribution in [0.3, 0.4) is 0 Å². The van der Waals surface area contributed by atoms with Crippen molar-refractivity contribution >= 4 is 141 Å². The highest BCUT2D eigenvalue weighted by molar-refractivity contribution is 7.22. The lowest BCUT2D eigenvalue weighted by Gasteiger charge is -2.23. The number of aromatic nitrogens is 8. The van der Waals surface area contributed by atoms with E-state index in [1.165, 1.54) is 25.6 Å². The second kappa shape index (κ2) is 18.6. The molecule has 0 saturated heterocycles. The molecule has 0 fully saturated rings. The van der Waals surface area contributed by atoms with Gasteiger partial charge in [0.05, 0.1) is 71.9 Å². The van der Waals surface area contributed by atoms with Gasteiger partial charge in [-0.15, -0.1) is 22.7 Å². The zero-order valence-corrected chi connectivity index (χ0v) is 51.8. The Bertz CT molecular complexity index is 6980. The van der Waals surface area contributed by atoms with E-state index in [1.54, 1.807) is 22.7 Å². The number of hydrogen-bond donors (Lipinski definition) is 0. The number of benzene rings is 12.